The maximum absolute atomic E-state index is 11.4. The average molecular weight is 184 g/mol. The van der Waals surface area contributed by atoms with E-state index in [0.29, 0.717) is 0 Å². The topological polar surface area (TPSA) is 26.3 Å². The summed E-state index contributed by atoms with van der Waals surface area (Å²) in [6.07, 6.45) is 5.05. The van der Waals surface area contributed by atoms with Gasteiger partial charge in [0, 0.05) is 5.57 Å². The molecule has 0 amide bonds. The standard InChI is InChI=1S/C9H16O2Si/c1-12(2,3)11-9(10)8-6-4-5-7-8/h6H,4-5,7H2,1-3H3. The molecule has 0 fully saturated rings. The number of rotatable bonds is 2. The van der Waals surface area contributed by atoms with Gasteiger partial charge in [-0.15, -0.1) is 0 Å². The van der Waals surface area contributed by atoms with Crippen molar-refractivity contribution in [3.63, 3.8) is 0 Å². The van der Waals surface area contributed by atoms with Crippen LogP contribution in [0.5, 0.6) is 0 Å². The van der Waals surface area contributed by atoms with E-state index in [0.717, 1.165) is 24.8 Å². The minimum Gasteiger partial charge on any atom is -0.517 e. The van der Waals surface area contributed by atoms with Gasteiger partial charge in [0.25, 0.3) is 0 Å². The molecule has 0 atom stereocenters. The summed E-state index contributed by atoms with van der Waals surface area (Å²) in [7, 11) is -1.68. The van der Waals surface area contributed by atoms with Crippen molar-refractivity contribution in [3.8, 4) is 0 Å². The van der Waals surface area contributed by atoms with Crippen LogP contribution in [0.3, 0.4) is 0 Å². The second kappa shape index (κ2) is 3.43. The highest BCUT2D eigenvalue weighted by molar-refractivity contribution is 6.71. The Hall–Kier alpha value is -0.573. The summed E-state index contributed by atoms with van der Waals surface area (Å²) in [5.74, 6) is -0.0772. The molecule has 0 aliphatic heterocycles. The molecule has 68 valence electrons. The van der Waals surface area contributed by atoms with Gasteiger partial charge < -0.3 is 4.43 Å². The minimum absolute atomic E-state index is 0.0772. The lowest BCUT2D eigenvalue weighted by atomic mass is 10.2. The molecule has 0 saturated carbocycles. The summed E-state index contributed by atoms with van der Waals surface area (Å²) >= 11 is 0. The van der Waals surface area contributed by atoms with Crippen LogP contribution >= 0.6 is 0 Å². The molecule has 0 saturated heterocycles. The molecule has 0 aromatic carbocycles. The Kier molecular flexibility index (Phi) is 2.72. The van der Waals surface area contributed by atoms with Crippen molar-refractivity contribution in [2.45, 2.75) is 38.9 Å². The molecule has 0 heterocycles. The Labute approximate surface area is 74.7 Å². The minimum atomic E-state index is -1.68. The van der Waals surface area contributed by atoms with E-state index in [-0.39, 0.29) is 5.97 Å². The van der Waals surface area contributed by atoms with E-state index in [1.54, 1.807) is 0 Å². The van der Waals surface area contributed by atoms with Gasteiger partial charge in [-0.3, -0.25) is 0 Å². The van der Waals surface area contributed by atoms with Gasteiger partial charge >= 0.3 is 5.97 Å². The summed E-state index contributed by atoms with van der Waals surface area (Å²) in [4.78, 5) is 11.4. The largest absolute Gasteiger partial charge is 0.517 e. The highest BCUT2D eigenvalue weighted by Crippen LogP contribution is 2.20. The third kappa shape index (κ3) is 2.81. The molecule has 12 heavy (non-hydrogen) atoms. The van der Waals surface area contributed by atoms with Crippen LogP contribution < -0.4 is 0 Å². The van der Waals surface area contributed by atoms with E-state index in [9.17, 15) is 4.79 Å². The van der Waals surface area contributed by atoms with E-state index >= 15 is 0 Å². The smallest absolute Gasteiger partial charge is 0.320 e. The Balaban J connectivity index is 2.49. The van der Waals surface area contributed by atoms with Gasteiger partial charge in [-0.1, -0.05) is 6.08 Å². The van der Waals surface area contributed by atoms with Crippen molar-refractivity contribution in [2.75, 3.05) is 0 Å². The number of carbonyl (C=O) groups excluding carboxylic acids is 1. The Morgan fingerprint density at radius 1 is 1.50 bits per heavy atom. The highest BCUT2D eigenvalue weighted by Gasteiger charge is 2.23. The van der Waals surface area contributed by atoms with E-state index in [4.69, 9.17) is 4.43 Å². The second-order valence-electron chi connectivity index (χ2n) is 4.12. The lowest BCUT2D eigenvalue weighted by molar-refractivity contribution is -0.130. The van der Waals surface area contributed by atoms with Crippen molar-refractivity contribution < 1.29 is 9.22 Å². The van der Waals surface area contributed by atoms with Gasteiger partial charge in [-0.05, 0) is 38.9 Å². The molecule has 2 nitrogen and oxygen atoms in total. The van der Waals surface area contributed by atoms with Gasteiger partial charge in [0.05, 0.1) is 0 Å². The van der Waals surface area contributed by atoms with Crippen LogP contribution in [0.2, 0.25) is 19.6 Å². The first-order chi connectivity index (χ1) is 5.49. The molecule has 0 N–H and O–H groups in total. The Morgan fingerprint density at radius 2 is 2.17 bits per heavy atom. The number of carbonyl (C=O) groups is 1. The van der Waals surface area contributed by atoms with E-state index in [1.807, 2.05) is 25.7 Å². The van der Waals surface area contributed by atoms with Gasteiger partial charge in [0.1, 0.15) is 0 Å². The lowest BCUT2D eigenvalue weighted by Crippen LogP contribution is -2.29. The quantitative estimate of drug-likeness (QED) is 0.616. The number of hydrogen-bond donors (Lipinski definition) is 0. The van der Waals surface area contributed by atoms with Crippen LogP contribution in [0.15, 0.2) is 11.6 Å². The number of hydrogen-bond acceptors (Lipinski definition) is 2. The molecule has 0 radical (unpaired) electrons. The van der Waals surface area contributed by atoms with Crippen molar-refractivity contribution in [1.82, 2.24) is 0 Å². The lowest BCUT2D eigenvalue weighted by Gasteiger charge is -2.17. The average Bonchev–Trinajstić information content (AvgIpc) is 2.32. The van der Waals surface area contributed by atoms with Crippen LogP contribution in [-0.4, -0.2) is 14.3 Å². The van der Waals surface area contributed by atoms with Gasteiger partial charge in [0.15, 0.2) is 0 Å². The van der Waals surface area contributed by atoms with Crippen LogP contribution in [-0.2, 0) is 9.22 Å². The van der Waals surface area contributed by atoms with Crippen molar-refractivity contribution in [3.05, 3.63) is 11.6 Å². The van der Waals surface area contributed by atoms with E-state index < -0.39 is 8.32 Å². The van der Waals surface area contributed by atoms with Crippen LogP contribution in [0, 0.1) is 0 Å². The summed E-state index contributed by atoms with van der Waals surface area (Å²) in [5.41, 5.74) is 0.887. The van der Waals surface area contributed by atoms with E-state index in [2.05, 4.69) is 0 Å². The number of allylic oxidation sites excluding steroid dienone is 1. The van der Waals surface area contributed by atoms with Crippen molar-refractivity contribution in [1.29, 1.82) is 0 Å². The molecule has 1 aliphatic carbocycles. The predicted octanol–water partition coefficient (Wildman–Crippen LogP) is 2.47. The maximum atomic E-state index is 11.4. The van der Waals surface area contributed by atoms with Crippen LogP contribution in [0.1, 0.15) is 19.3 Å². The van der Waals surface area contributed by atoms with Gasteiger partial charge in [-0.2, -0.15) is 0 Å². The van der Waals surface area contributed by atoms with Crippen molar-refractivity contribution in [2.24, 2.45) is 0 Å². The molecule has 3 heteroatoms. The first-order valence-electron chi connectivity index (χ1n) is 4.41. The third-order valence-electron chi connectivity index (χ3n) is 1.70. The monoisotopic (exact) mass is 184 g/mol. The first kappa shape index (κ1) is 9.51. The molecular weight excluding hydrogens is 168 g/mol. The Morgan fingerprint density at radius 3 is 2.58 bits per heavy atom. The highest BCUT2D eigenvalue weighted by atomic mass is 28.4. The van der Waals surface area contributed by atoms with Crippen molar-refractivity contribution >= 4 is 14.3 Å². The Bertz CT molecular complexity index is 213. The molecule has 1 aliphatic rings. The fourth-order valence-electron chi connectivity index (χ4n) is 1.20. The molecule has 0 aromatic heterocycles. The fraction of sp³-hybridized carbons (Fsp3) is 0.667. The van der Waals surface area contributed by atoms with Crippen LogP contribution in [0.4, 0.5) is 0 Å². The first-order valence-corrected chi connectivity index (χ1v) is 7.82. The summed E-state index contributed by atoms with van der Waals surface area (Å²) < 4.78 is 5.35. The molecule has 0 aromatic rings. The molecule has 0 bridgehead atoms. The van der Waals surface area contributed by atoms with E-state index in [1.165, 1.54) is 0 Å². The molecule has 0 spiro atoms. The summed E-state index contributed by atoms with van der Waals surface area (Å²) in [6, 6.07) is 0. The molecule has 0 unspecified atom stereocenters. The zero-order valence-electron chi connectivity index (χ0n) is 8.02. The third-order valence-corrected chi connectivity index (χ3v) is 2.50. The molecule has 1 rings (SSSR count). The SMILES string of the molecule is C[Si](C)(C)OC(=O)C1=CCCC1. The summed E-state index contributed by atoms with van der Waals surface area (Å²) in [5, 5.41) is 0. The second-order valence-corrected chi connectivity index (χ2v) is 8.55. The maximum Gasteiger partial charge on any atom is 0.320 e. The van der Waals surface area contributed by atoms with Gasteiger partial charge in [-0.25, -0.2) is 4.79 Å². The molecular formula is C9H16O2Si. The zero-order valence-corrected chi connectivity index (χ0v) is 9.02. The van der Waals surface area contributed by atoms with Gasteiger partial charge in [0.2, 0.25) is 8.32 Å². The normalized spacial score (nSPS) is 17.4. The van der Waals surface area contributed by atoms with Crippen LogP contribution in [0.25, 0.3) is 0 Å². The summed E-state index contributed by atoms with van der Waals surface area (Å²) in [6.45, 7) is 6.08. The zero-order chi connectivity index (χ0) is 9.19. The predicted molar refractivity (Wildman–Crippen MR) is 51.4 cm³/mol. The fourth-order valence-corrected chi connectivity index (χ4v) is 1.89.